The summed E-state index contributed by atoms with van der Waals surface area (Å²) in [6.45, 7) is 0. The Bertz CT molecular complexity index is 420. The highest BCUT2D eigenvalue weighted by atomic mass is 19.4. The van der Waals surface area contributed by atoms with E-state index in [2.05, 4.69) is 0 Å². The maximum atomic E-state index is 12.6. The third-order valence-corrected chi connectivity index (χ3v) is 3.97. The standard InChI is InChI=1S/C13H13F3/c14-13(15,16)10-4-5-11-8-2-1-3-9(6-8)12(11)7-10/h4-5,7-9H,1-3,6H2/t8-,9+/m0/s1. The first-order chi connectivity index (χ1) is 7.55. The molecular formula is C13H13F3. The van der Waals surface area contributed by atoms with Crippen molar-refractivity contribution in [2.45, 2.75) is 43.7 Å². The van der Waals surface area contributed by atoms with Crippen LogP contribution in [-0.2, 0) is 6.18 Å². The summed E-state index contributed by atoms with van der Waals surface area (Å²) < 4.78 is 37.8. The summed E-state index contributed by atoms with van der Waals surface area (Å²) in [5.41, 5.74) is 1.66. The zero-order chi connectivity index (χ0) is 11.3. The number of benzene rings is 1. The molecular weight excluding hydrogens is 213 g/mol. The first-order valence-corrected chi connectivity index (χ1v) is 5.77. The molecule has 0 unspecified atom stereocenters. The van der Waals surface area contributed by atoms with E-state index in [-0.39, 0.29) is 0 Å². The van der Waals surface area contributed by atoms with Crippen LogP contribution in [0.5, 0.6) is 0 Å². The van der Waals surface area contributed by atoms with Crippen molar-refractivity contribution in [1.29, 1.82) is 0 Å². The van der Waals surface area contributed by atoms with E-state index in [0.717, 1.165) is 31.2 Å². The number of hydrogen-bond donors (Lipinski definition) is 0. The second-order valence-corrected chi connectivity index (χ2v) is 4.90. The third-order valence-electron chi connectivity index (χ3n) is 3.97. The fourth-order valence-corrected chi connectivity index (χ4v) is 3.23. The molecule has 0 amide bonds. The molecule has 16 heavy (non-hydrogen) atoms. The third kappa shape index (κ3) is 1.45. The normalized spacial score (nSPS) is 27.9. The van der Waals surface area contributed by atoms with E-state index in [1.165, 1.54) is 17.7 Å². The molecule has 0 radical (unpaired) electrons. The second kappa shape index (κ2) is 3.25. The molecule has 3 rings (SSSR count). The van der Waals surface area contributed by atoms with Gasteiger partial charge in [-0.05, 0) is 54.4 Å². The van der Waals surface area contributed by atoms with Gasteiger partial charge in [-0.3, -0.25) is 0 Å². The predicted octanol–water partition coefficient (Wildman–Crippen LogP) is 4.46. The topological polar surface area (TPSA) is 0 Å². The summed E-state index contributed by atoms with van der Waals surface area (Å²) in [4.78, 5) is 0. The molecule has 2 aliphatic carbocycles. The summed E-state index contributed by atoms with van der Waals surface area (Å²) in [5.74, 6) is 0.909. The maximum absolute atomic E-state index is 12.6. The second-order valence-electron chi connectivity index (χ2n) is 4.90. The maximum Gasteiger partial charge on any atom is 0.416 e. The summed E-state index contributed by atoms with van der Waals surface area (Å²) in [5, 5.41) is 0. The van der Waals surface area contributed by atoms with Gasteiger partial charge in [0.2, 0.25) is 0 Å². The molecule has 0 spiro atoms. The van der Waals surface area contributed by atoms with E-state index >= 15 is 0 Å². The van der Waals surface area contributed by atoms with E-state index < -0.39 is 11.7 Å². The van der Waals surface area contributed by atoms with Crippen molar-refractivity contribution < 1.29 is 13.2 Å². The monoisotopic (exact) mass is 226 g/mol. The SMILES string of the molecule is FC(F)(F)c1ccc2c(c1)[C@@H]1CCC[C@H]2C1. The van der Waals surface area contributed by atoms with Crippen molar-refractivity contribution in [2.75, 3.05) is 0 Å². The van der Waals surface area contributed by atoms with Gasteiger partial charge in [0.1, 0.15) is 0 Å². The van der Waals surface area contributed by atoms with Crippen molar-refractivity contribution in [3.05, 3.63) is 34.9 Å². The van der Waals surface area contributed by atoms with Crippen LogP contribution in [0.25, 0.3) is 0 Å². The Morgan fingerprint density at radius 2 is 1.69 bits per heavy atom. The van der Waals surface area contributed by atoms with E-state index in [1.807, 2.05) is 0 Å². The molecule has 1 aromatic carbocycles. The molecule has 0 aromatic heterocycles. The van der Waals surface area contributed by atoms with Gasteiger partial charge in [0.25, 0.3) is 0 Å². The van der Waals surface area contributed by atoms with Crippen molar-refractivity contribution in [2.24, 2.45) is 0 Å². The molecule has 2 atom stereocenters. The van der Waals surface area contributed by atoms with Crippen molar-refractivity contribution >= 4 is 0 Å². The van der Waals surface area contributed by atoms with E-state index in [1.54, 1.807) is 6.07 Å². The average Bonchev–Trinajstić information content (AvgIpc) is 2.50. The molecule has 2 aliphatic rings. The summed E-state index contributed by atoms with van der Waals surface area (Å²) in [7, 11) is 0. The first-order valence-electron chi connectivity index (χ1n) is 5.77. The van der Waals surface area contributed by atoms with Gasteiger partial charge in [0.15, 0.2) is 0 Å². The molecule has 0 aliphatic heterocycles. The lowest BCUT2D eigenvalue weighted by Crippen LogP contribution is -2.06. The highest BCUT2D eigenvalue weighted by molar-refractivity contribution is 5.43. The minimum Gasteiger partial charge on any atom is -0.166 e. The van der Waals surface area contributed by atoms with Crippen LogP contribution in [0.2, 0.25) is 0 Å². The zero-order valence-electron chi connectivity index (χ0n) is 8.85. The smallest absolute Gasteiger partial charge is 0.166 e. The summed E-state index contributed by atoms with van der Waals surface area (Å²) in [6.07, 6.45) is 0.230. The largest absolute Gasteiger partial charge is 0.416 e. The predicted molar refractivity (Wildman–Crippen MR) is 55.4 cm³/mol. The van der Waals surface area contributed by atoms with Gasteiger partial charge in [0, 0.05) is 0 Å². The molecule has 0 nitrogen and oxygen atoms in total. The van der Waals surface area contributed by atoms with Crippen LogP contribution in [0.1, 0.15) is 54.2 Å². The molecule has 0 N–H and O–H groups in total. The molecule has 0 heterocycles. The van der Waals surface area contributed by atoms with Crippen LogP contribution in [0, 0.1) is 0 Å². The number of alkyl halides is 3. The Balaban J connectivity index is 2.07. The van der Waals surface area contributed by atoms with Crippen molar-refractivity contribution in [1.82, 2.24) is 0 Å². The Morgan fingerprint density at radius 3 is 2.38 bits per heavy atom. The first kappa shape index (κ1) is 10.2. The van der Waals surface area contributed by atoms with E-state index in [9.17, 15) is 13.2 Å². The lowest BCUT2D eigenvalue weighted by Gasteiger charge is -2.18. The van der Waals surface area contributed by atoms with Crippen LogP contribution < -0.4 is 0 Å². The van der Waals surface area contributed by atoms with Gasteiger partial charge in [-0.25, -0.2) is 0 Å². The quantitative estimate of drug-likeness (QED) is 0.612. The van der Waals surface area contributed by atoms with E-state index in [0.29, 0.717) is 11.8 Å². The molecule has 1 saturated carbocycles. The number of halogens is 3. The molecule has 2 bridgehead atoms. The lowest BCUT2D eigenvalue weighted by molar-refractivity contribution is -0.137. The average molecular weight is 226 g/mol. The molecule has 0 saturated heterocycles. The minimum absolute atomic E-state index is 0.385. The van der Waals surface area contributed by atoms with Crippen LogP contribution in [-0.4, -0.2) is 0 Å². The highest BCUT2D eigenvalue weighted by Gasteiger charge is 2.37. The zero-order valence-corrected chi connectivity index (χ0v) is 8.85. The van der Waals surface area contributed by atoms with Crippen LogP contribution in [0.3, 0.4) is 0 Å². The van der Waals surface area contributed by atoms with Gasteiger partial charge in [0.05, 0.1) is 5.56 Å². The Labute approximate surface area is 92.5 Å². The van der Waals surface area contributed by atoms with Crippen LogP contribution in [0.4, 0.5) is 13.2 Å². The Morgan fingerprint density at radius 1 is 1.00 bits per heavy atom. The summed E-state index contributed by atoms with van der Waals surface area (Å²) >= 11 is 0. The highest BCUT2D eigenvalue weighted by Crippen LogP contribution is 2.51. The fourth-order valence-electron chi connectivity index (χ4n) is 3.23. The van der Waals surface area contributed by atoms with Crippen LogP contribution >= 0.6 is 0 Å². The number of fused-ring (bicyclic) bond motifs is 5. The van der Waals surface area contributed by atoms with Gasteiger partial charge in [-0.15, -0.1) is 0 Å². The molecule has 1 fully saturated rings. The Kier molecular flexibility index (Phi) is 2.07. The van der Waals surface area contributed by atoms with Crippen molar-refractivity contribution in [3.8, 4) is 0 Å². The number of rotatable bonds is 0. The Hall–Kier alpha value is -0.990. The lowest BCUT2D eigenvalue weighted by atomic mass is 9.87. The van der Waals surface area contributed by atoms with Gasteiger partial charge < -0.3 is 0 Å². The van der Waals surface area contributed by atoms with Gasteiger partial charge in [-0.2, -0.15) is 13.2 Å². The minimum atomic E-state index is -4.20. The molecule has 1 aromatic rings. The van der Waals surface area contributed by atoms with Crippen molar-refractivity contribution in [3.63, 3.8) is 0 Å². The van der Waals surface area contributed by atoms with E-state index in [4.69, 9.17) is 0 Å². The summed E-state index contributed by atoms with van der Waals surface area (Å²) in [6, 6.07) is 4.32. The van der Waals surface area contributed by atoms with Gasteiger partial charge in [-0.1, -0.05) is 12.5 Å². The fraction of sp³-hybridized carbons (Fsp3) is 0.538. The molecule has 86 valence electrons. The van der Waals surface area contributed by atoms with Gasteiger partial charge >= 0.3 is 6.18 Å². The number of hydrogen-bond acceptors (Lipinski definition) is 0. The molecule has 3 heteroatoms. The van der Waals surface area contributed by atoms with Crippen LogP contribution in [0.15, 0.2) is 18.2 Å².